The lowest BCUT2D eigenvalue weighted by molar-refractivity contribution is 0.0515. The maximum absolute atomic E-state index is 12.4. The fourth-order valence-corrected chi connectivity index (χ4v) is 3.82. The molecule has 1 aliphatic rings. The van der Waals surface area contributed by atoms with Crippen LogP contribution in [0, 0.1) is 13.8 Å². The number of aromatic nitrogens is 4. The number of fused-ring (bicyclic) bond motifs is 1. The molecule has 0 radical (unpaired) electrons. The van der Waals surface area contributed by atoms with E-state index >= 15 is 0 Å². The van der Waals surface area contributed by atoms with Crippen molar-refractivity contribution in [3.8, 4) is 0 Å². The standard InChI is InChI=1S/C19H29N5O3/c1-5-23-14(4)15(13(3)20-23)11-22-8-7-17-16(12-22)18(19(26)27-6-2)21-24(17)9-10-25/h25H,5-12H2,1-4H3. The molecule has 1 N–H and O–H groups in total. The van der Waals surface area contributed by atoms with Crippen LogP contribution in [-0.4, -0.2) is 55.3 Å². The van der Waals surface area contributed by atoms with Gasteiger partial charge in [0.2, 0.25) is 0 Å². The second-order valence-corrected chi connectivity index (χ2v) is 6.87. The fraction of sp³-hybridized carbons (Fsp3) is 0.632. The Hall–Kier alpha value is -2.19. The molecule has 3 heterocycles. The monoisotopic (exact) mass is 375 g/mol. The molecule has 2 aromatic heterocycles. The van der Waals surface area contributed by atoms with Gasteiger partial charge in [0.25, 0.3) is 0 Å². The van der Waals surface area contributed by atoms with Crippen LogP contribution in [0.1, 0.15) is 52.5 Å². The molecule has 8 nitrogen and oxygen atoms in total. The Morgan fingerprint density at radius 3 is 2.63 bits per heavy atom. The van der Waals surface area contributed by atoms with E-state index in [0.717, 1.165) is 43.0 Å². The fourth-order valence-electron chi connectivity index (χ4n) is 3.82. The molecule has 0 aromatic carbocycles. The summed E-state index contributed by atoms with van der Waals surface area (Å²) >= 11 is 0. The first-order chi connectivity index (χ1) is 13.0. The quantitative estimate of drug-likeness (QED) is 0.737. The Morgan fingerprint density at radius 1 is 1.22 bits per heavy atom. The lowest BCUT2D eigenvalue weighted by Gasteiger charge is -2.27. The van der Waals surface area contributed by atoms with Gasteiger partial charge in [-0.15, -0.1) is 0 Å². The summed E-state index contributed by atoms with van der Waals surface area (Å²) in [7, 11) is 0. The highest BCUT2D eigenvalue weighted by atomic mass is 16.5. The smallest absolute Gasteiger partial charge is 0.359 e. The van der Waals surface area contributed by atoms with Gasteiger partial charge >= 0.3 is 5.97 Å². The van der Waals surface area contributed by atoms with Gasteiger partial charge in [-0.05, 0) is 27.7 Å². The molecule has 0 saturated heterocycles. The Bertz CT molecular complexity index is 824. The SMILES string of the molecule is CCOC(=O)c1nn(CCO)c2c1CN(Cc1c(C)nn(CC)c1C)CC2. The van der Waals surface area contributed by atoms with Gasteiger partial charge in [0.05, 0.1) is 25.5 Å². The maximum atomic E-state index is 12.4. The number of esters is 1. The first-order valence-corrected chi connectivity index (χ1v) is 9.61. The van der Waals surface area contributed by atoms with Crippen molar-refractivity contribution in [2.24, 2.45) is 0 Å². The van der Waals surface area contributed by atoms with Crippen molar-refractivity contribution < 1.29 is 14.6 Å². The number of nitrogens with zero attached hydrogens (tertiary/aromatic N) is 5. The minimum absolute atomic E-state index is 0.00527. The van der Waals surface area contributed by atoms with Gasteiger partial charge in [-0.25, -0.2) is 4.79 Å². The summed E-state index contributed by atoms with van der Waals surface area (Å²) < 4.78 is 8.97. The molecule has 27 heavy (non-hydrogen) atoms. The topological polar surface area (TPSA) is 85.4 Å². The van der Waals surface area contributed by atoms with Crippen molar-refractivity contribution in [1.82, 2.24) is 24.5 Å². The molecular weight excluding hydrogens is 346 g/mol. The van der Waals surface area contributed by atoms with E-state index in [1.807, 2.05) is 11.6 Å². The minimum atomic E-state index is -0.390. The van der Waals surface area contributed by atoms with E-state index < -0.39 is 5.97 Å². The zero-order chi connectivity index (χ0) is 19.6. The summed E-state index contributed by atoms with van der Waals surface area (Å²) in [6.07, 6.45) is 0.793. The summed E-state index contributed by atoms with van der Waals surface area (Å²) in [5, 5.41) is 18.4. The Kier molecular flexibility index (Phi) is 5.96. The van der Waals surface area contributed by atoms with Crippen LogP contribution in [-0.2, 0) is 37.3 Å². The van der Waals surface area contributed by atoms with Crippen molar-refractivity contribution in [2.45, 2.75) is 60.3 Å². The molecule has 0 spiro atoms. The van der Waals surface area contributed by atoms with Crippen LogP contribution in [0.3, 0.4) is 0 Å². The first-order valence-electron chi connectivity index (χ1n) is 9.61. The molecule has 0 amide bonds. The van der Waals surface area contributed by atoms with E-state index in [1.165, 1.54) is 11.3 Å². The third-order valence-electron chi connectivity index (χ3n) is 5.21. The van der Waals surface area contributed by atoms with E-state index in [2.05, 4.69) is 28.9 Å². The van der Waals surface area contributed by atoms with Gasteiger partial charge < -0.3 is 9.84 Å². The summed E-state index contributed by atoms with van der Waals surface area (Å²) in [6, 6.07) is 0. The molecular formula is C19H29N5O3. The second-order valence-electron chi connectivity index (χ2n) is 6.87. The Labute approximate surface area is 159 Å². The highest BCUT2D eigenvalue weighted by Crippen LogP contribution is 2.26. The van der Waals surface area contributed by atoms with Gasteiger partial charge in [0.15, 0.2) is 5.69 Å². The number of aryl methyl sites for hydroxylation is 2. The number of ether oxygens (including phenoxy) is 1. The average Bonchev–Trinajstić information content (AvgIpc) is 3.14. The molecule has 0 unspecified atom stereocenters. The molecule has 0 bridgehead atoms. The highest BCUT2D eigenvalue weighted by molar-refractivity contribution is 5.89. The molecule has 2 aromatic rings. The van der Waals surface area contributed by atoms with E-state index in [-0.39, 0.29) is 6.61 Å². The first kappa shape index (κ1) is 19.6. The van der Waals surface area contributed by atoms with Crippen LogP contribution in [0.2, 0.25) is 0 Å². The van der Waals surface area contributed by atoms with Crippen molar-refractivity contribution in [2.75, 3.05) is 19.8 Å². The zero-order valence-electron chi connectivity index (χ0n) is 16.7. The molecule has 0 atom stereocenters. The zero-order valence-corrected chi connectivity index (χ0v) is 16.7. The predicted molar refractivity (Wildman–Crippen MR) is 100 cm³/mol. The molecule has 148 valence electrons. The van der Waals surface area contributed by atoms with Crippen molar-refractivity contribution >= 4 is 5.97 Å². The minimum Gasteiger partial charge on any atom is -0.461 e. The van der Waals surface area contributed by atoms with Crippen LogP contribution in [0.15, 0.2) is 0 Å². The van der Waals surface area contributed by atoms with Crippen molar-refractivity contribution in [3.63, 3.8) is 0 Å². The third-order valence-corrected chi connectivity index (χ3v) is 5.21. The van der Waals surface area contributed by atoms with E-state index in [0.29, 0.717) is 25.4 Å². The molecule has 3 rings (SSSR count). The number of hydrogen-bond donors (Lipinski definition) is 1. The normalized spacial score (nSPS) is 14.4. The molecule has 0 fully saturated rings. The molecule has 8 heteroatoms. The number of aliphatic hydroxyl groups excluding tert-OH is 1. The molecule has 0 saturated carbocycles. The average molecular weight is 375 g/mol. The Balaban J connectivity index is 1.86. The second kappa shape index (κ2) is 8.22. The number of carbonyl (C=O) groups is 1. The third kappa shape index (κ3) is 3.77. The number of carbonyl (C=O) groups excluding carboxylic acids is 1. The number of hydrogen-bond acceptors (Lipinski definition) is 6. The number of aliphatic hydroxyl groups is 1. The Morgan fingerprint density at radius 2 is 2.00 bits per heavy atom. The van der Waals surface area contributed by atoms with Crippen LogP contribution >= 0.6 is 0 Å². The van der Waals surface area contributed by atoms with Gasteiger partial charge in [0.1, 0.15) is 0 Å². The summed E-state index contributed by atoms with van der Waals surface area (Å²) in [5.74, 6) is -0.390. The van der Waals surface area contributed by atoms with Crippen LogP contribution < -0.4 is 0 Å². The summed E-state index contributed by atoms with van der Waals surface area (Å²) in [4.78, 5) is 14.7. The highest BCUT2D eigenvalue weighted by Gasteiger charge is 2.29. The van der Waals surface area contributed by atoms with E-state index in [4.69, 9.17) is 4.74 Å². The predicted octanol–water partition coefficient (Wildman–Crippen LogP) is 1.44. The van der Waals surface area contributed by atoms with Gasteiger partial charge in [-0.3, -0.25) is 14.3 Å². The number of rotatable bonds is 7. The lowest BCUT2D eigenvalue weighted by atomic mass is 10.0. The van der Waals surface area contributed by atoms with Crippen LogP contribution in [0.4, 0.5) is 0 Å². The van der Waals surface area contributed by atoms with Gasteiger partial charge in [-0.1, -0.05) is 0 Å². The summed E-state index contributed by atoms with van der Waals surface area (Å²) in [6.45, 7) is 11.9. The largest absolute Gasteiger partial charge is 0.461 e. The van der Waals surface area contributed by atoms with Crippen molar-refractivity contribution in [1.29, 1.82) is 0 Å². The molecule has 1 aliphatic heterocycles. The molecule has 0 aliphatic carbocycles. The maximum Gasteiger partial charge on any atom is 0.359 e. The van der Waals surface area contributed by atoms with Crippen LogP contribution in [0.25, 0.3) is 0 Å². The summed E-state index contributed by atoms with van der Waals surface area (Å²) in [5.41, 5.74) is 5.83. The lowest BCUT2D eigenvalue weighted by Crippen LogP contribution is -2.32. The van der Waals surface area contributed by atoms with Crippen molar-refractivity contribution in [3.05, 3.63) is 33.9 Å². The van der Waals surface area contributed by atoms with Crippen LogP contribution in [0.5, 0.6) is 0 Å². The van der Waals surface area contributed by atoms with Gasteiger partial charge in [0, 0.05) is 55.1 Å². The van der Waals surface area contributed by atoms with E-state index in [1.54, 1.807) is 11.6 Å². The van der Waals surface area contributed by atoms with E-state index in [9.17, 15) is 9.90 Å². The van der Waals surface area contributed by atoms with Gasteiger partial charge in [-0.2, -0.15) is 10.2 Å².